The topological polar surface area (TPSA) is 141 Å². The molecule has 2 heterocycles. The van der Waals surface area contributed by atoms with Crippen LogP contribution >= 0.6 is 0 Å². The van der Waals surface area contributed by atoms with Gasteiger partial charge in [0.05, 0.1) is 0 Å². The third kappa shape index (κ3) is 3.77. The summed E-state index contributed by atoms with van der Waals surface area (Å²) in [6.07, 6.45) is 5.93. The fraction of sp³-hybridized carbons (Fsp3) is 0.519. The van der Waals surface area contributed by atoms with E-state index in [0.29, 0.717) is 18.4 Å². The average Bonchev–Trinajstić information content (AvgIpc) is 3.67. The number of rotatable bonds is 5. The first-order valence-corrected chi connectivity index (χ1v) is 12.8. The number of nitrogens with one attached hydrogen (secondary N) is 1. The highest BCUT2D eigenvalue weighted by atomic mass is 16.3. The predicted molar refractivity (Wildman–Crippen MR) is 132 cm³/mol. The average molecular weight is 490 g/mol. The molecule has 2 amide bonds. The van der Waals surface area contributed by atoms with Gasteiger partial charge in [0.25, 0.3) is 5.56 Å². The van der Waals surface area contributed by atoms with Gasteiger partial charge in [0.1, 0.15) is 17.4 Å². The number of likely N-dealkylation sites (tertiary alicyclic amines) is 1. The Labute approximate surface area is 208 Å². The Morgan fingerprint density at radius 3 is 2.81 bits per heavy atom. The quantitative estimate of drug-likeness (QED) is 0.553. The molecule has 4 aliphatic rings. The summed E-state index contributed by atoms with van der Waals surface area (Å²) in [6, 6.07) is 6.87. The van der Waals surface area contributed by atoms with Gasteiger partial charge in [0, 0.05) is 23.7 Å². The van der Waals surface area contributed by atoms with Crippen molar-refractivity contribution in [2.24, 2.45) is 27.8 Å². The number of nitrogens with zero attached hydrogens (tertiary/aromatic N) is 3. The first kappa shape index (κ1) is 23.1. The van der Waals surface area contributed by atoms with Crippen molar-refractivity contribution in [2.75, 3.05) is 13.1 Å². The molecule has 0 unspecified atom stereocenters. The van der Waals surface area contributed by atoms with E-state index in [1.807, 2.05) is 6.07 Å². The molecule has 9 nitrogen and oxygen atoms in total. The minimum atomic E-state index is -0.943. The van der Waals surface area contributed by atoms with E-state index < -0.39 is 23.4 Å². The van der Waals surface area contributed by atoms with Crippen molar-refractivity contribution in [3.8, 4) is 5.75 Å². The van der Waals surface area contributed by atoms with Crippen molar-refractivity contribution in [3.63, 3.8) is 0 Å². The van der Waals surface area contributed by atoms with Gasteiger partial charge in [-0.25, -0.2) is 0 Å². The van der Waals surface area contributed by atoms with Gasteiger partial charge in [-0.05, 0) is 98.7 Å². The summed E-state index contributed by atoms with van der Waals surface area (Å²) in [4.78, 5) is 42.4. The monoisotopic (exact) mass is 489 g/mol. The van der Waals surface area contributed by atoms with E-state index in [4.69, 9.17) is 5.73 Å². The van der Waals surface area contributed by atoms with E-state index in [1.165, 1.54) is 30.9 Å². The number of phenols is 1. The van der Waals surface area contributed by atoms with Crippen LogP contribution in [0.3, 0.4) is 0 Å². The molecule has 3 aliphatic carbocycles. The number of phenolic OH excluding ortho intramolecular Hbond substituents is 1. The molecule has 0 radical (unpaired) electrons. The first-order chi connectivity index (χ1) is 17.2. The zero-order valence-electron chi connectivity index (χ0n) is 20.4. The normalized spacial score (nSPS) is 27.7. The predicted octanol–water partition coefficient (Wildman–Crippen LogP) is 2.24. The summed E-state index contributed by atoms with van der Waals surface area (Å²) < 4.78 is 0. The fourth-order valence-corrected chi connectivity index (χ4v) is 6.77. The number of benzene rings is 1. The van der Waals surface area contributed by atoms with Crippen LogP contribution in [0.4, 0.5) is 0 Å². The van der Waals surface area contributed by atoms with Crippen molar-refractivity contribution in [2.45, 2.75) is 62.9 Å². The molecule has 4 N–H and O–H groups in total. The molecule has 36 heavy (non-hydrogen) atoms. The van der Waals surface area contributed by atoms with Crippen LogP contribution in [-0.2, 0) is 29.5 Å². The van der Waals surface area contributed by atoms with E-state index in [-0.39, 0.29) is 16.7 Å². The van der Waals surface area contributed by atoms with E-state index in [1.54, 1.807) is 12.1 Å². The molecule has 2 aromatic rings. The molecule has 2 fully saturated rings. The standard InChI is InChI=1S/C27H31N5O4/c1-14(24(28)34)30-31-26(36)19-8-17-9-21-23-10-16-4-5-18(33)11-20(16)27(21,12-22(17)29-25(19)35)6-7-32(23)13-15-2-3-15/h4-5,8,11,14-15,21,23,33H,2-3,6-7,9-10,12-13H2,1H3,(H2,28,34)(H,29,35)/t14-,21-,23+,27+/m0/s1. The van der Waals surface area contributed by atoms with Crippen LogP contribution in [0.25, 0.3) is 0 Å². The van der Waals surface area contributed by atoms with Gasteiger partial charge < -0.3 is 15.8 Å². The van der Waals surface area contributed by atoms with Crippen LogP contribution < -0.4 is 11.3 Å². The van der Waals surface area contributed by atoms with E-state index >= 15 is 0 Å². The van der Waals surface area contributed by atoms with Crippen LogP contribution in [0.15, 0.2) is 39.3 Å². The summed E-state index contributed by atoms with van der Waals surface area (Å²) in [5, 5.41) is 17.6. The number of primary amides is 1. The number of hydrogen-bond donors (Lipinski definition) is 3. The van der Waals surface area contributed by atoms with Gasteiger partial charge in [-0.3, -0.25) is 19.3 Å². The second-order valence-corrected chi connectivity index (χ2v) is 11.1. The number of carbonyl (C=O) groups is 2. The molecule has 1 aromatic heterocycles. The number of H-pyrrole nitrogens is 1. The van der Waals surface area contributed by atoms with E-state index in [9.17, 15) is 19.5 Å². The lowest BCUT2D eigenvalue weighted by Crippen LogP contribution is -2.63. The second kappa shape index (κ2) is 8.37. The zero-order chi connectivity index (χ0) is 25.2. The summed E-state index contributed by atoms with van der Waals surface area (Å²) in [7, 11) is 0. The summed E-state index contributed by atoms with van der Waals surface area (Å²) in [5.74, 6) is -0.0824. The van der Waals surface area contributed by atoms with Crippen molar-refractivity contribution in [1.82, 2.24) is 9.88 Å². The lowest BCUT2D eigenvalue weighted by molar-refractivity contribution is -0.118. The molecule has 188 valence electrons. The second-order valence-electron chi connectivity index (χ2n) is 11.1. The third-order valence-electron chi connectivity index (χ3n) is 8.85. The Bertz CT molecular complexity index is 1350. The first-order valence-electron chi connectivity index (χ1n) is 12.8. The number of hydrogen-bond acceptors (Lipinski definition) is 6. The van der Waals surface area contributed by atoms with Gasteiger partial charge in [0.15, 0.2) is 0 Å². The molecule has 1 saturated heterocycles. The van der Waals surface area contributed by atoms with Crippen LogP contribution in [0.5, 0.6) is 5.75 Å². The number of amides is 2. The number of nitrogens with two attached hydrogens (primary N) is 1. The number of azo groups is 1. The fourth-order valence-electron chi connectivity index (χ4n) is 6.77. The number of aromatic hydroxyl groups is 1. The van der Waals surface area contributed by atoms with Crippen LogP contribution in [0, 0.1) is 11.8 Å². The number of aromatic amines is 1. The molecule has 1 aromatic carbocycles. The molecular formula is C27H31N5O4. The zero-order valence-corrected chi connectivity index (χ0v) is 20.4. The molecule has 1 saturated carbocycles. The van der Waals surface area contributed by atoms with Gasteiger partial charge in [-0.15, -0.1) is 5.11 Å². The number of pyridine rings is 1. The molecule has 1 aliphatic heterocycles. The lowest BCUT2D eigenvalue weighted by atomic mass is 9.52. The van der Waals surface area contributed by atoms with Gasteiger partial charge in [0.2, 0.25) is 5.91 Å². The molecule has 4 atom stereocenters. The summed E-state index contributed by atoms with van der Waals surface area (Å²) in [6.45, 7) is 3.59. The van der Waals surface area contributed by atoms with Crippen molar-refractivity contribution in [3.05, 3.63) is 62.6 Å². The maximum Gasteiger partial charge on any atom is 0.300 e. The highest BCUT2D eigenvalue weighted by molar-refractivity contribution is 5.94. The number of piperidine rings is 1. The maximum atomic E-state index is 12.9. The third-order valence-corrected chi connectivity index (χ3v) is 8.85. The molecule has 6 rings (SSSR count). The van der Waals surface area contributed by atoms with Crippen LogP contribution in [-0.4, -0.2) is 52.0 Å². The van der Waals surface area contributed by atoms with Crippen LogP contribution in [0.1, 0.15) is 58.9 Å². The minimum absolute atomic E-state index is 0.0704. The summed E-state index contributed by atoms with van der Waals surface area (Å²) >= 11 is 0. The van der Waals surface area contributed by atoms with Gasteiger partial charge >= 0.3 is 5.91 Å². The Balaban J connectivity index is 1.39. The van der Waals surface area contributed by atoms with Gasteiger partial charge in [-0.1, -0.05) is 6.07 Å². The molecule has 0 spiro atoms. The lowest BCUT2D eigenvalue weighted by Gasteiger charge is -2.59. The Hall–Kier alpha value is -3.33. The Morgan fingerprint density at radius 1 is 1.25 bits per heavy atom. The molecular weight excluding hydrogens is 458 g/mol. The highest BCUT2D eigenvalue weighted by Crippen LogP contribution is 2.55. The molecule has 9 heteroatoms. The van der Waals surface area contributed by atoms with E-state index in [2.05, 4.69) is 26.2 Å². The van der Waals surface area contributed by atoms with Crippen molar-refractivity contribution >= 4 is 11.8 Å². The SMILES string of the molecule is C[C@H](N=NC(=O)c1cc2c([nH]c1=O)C[C@]13CCN(CC4CC4)[C@H](Cc4ccc(O)cc41)[C@@H]3C2)C(N)=O. The maximum absolute atomic E-state index is 12.9. The van der Waals surface area contributed by atoms with Crippen molar-refractivity contribution < 1.29 is 14.7 Å². The van der Waals surface area contributed by atoms with Gasteiger partial charge in [-0.2, -0.15) is 5.11 Å². The smallest absolute Gasteiger partial charge is 0.300 e. The largest absolute Gasteiger partial charge is 0.508 e. The minimum Gasteiger partial charge on any atom is -0.508 e. The number of fused-ring (bicyclic) bond motifs is 2. The van der Waals surface area contributed by atoms with E-state index in [0.717, 1.165) is 49.5 Å². The highest BCUT2D eigenvalue weighted by Gasteiger charge is 2.55. The summed E-state index contributed by atoms with van der Waals surface area (Å²) in [5.41, 5.74) is 8.75. The van der Waals surface area contributed by atoms with Crippen LogP contribution in [0.2, 0.25) is 0 Å². The number of carbonyl (C=O) groups excluding carboxylic acids is 2. The number of aromatic nitrogens is 1. The Morgan fingerprint density at radius 2 is 2.06 bits per heavy atom. The molecule has 2 bridgehead atoms. The van der Waals surface area contributed by atoms with Crippen molar-refractivity contribution in [1.29, 1.82) is 0 Å². The Kier molecular flexibility index (Phi) is 5.37.